The number of ether oxygens (including phenoxy) is 2. The van der Waals surface area contributed by atoms with Crippen molar-refractivity contribution in [3.05, 3.63) is 59.7 Å². The van der Waals surface area contributed by atoms with Crippen molar-refractivity contribution in [3.8, 4) is 17.6 Å². The monoisotopic (exact) mass is 281 g/mol. The van der Waals surface area contributed by atoms with Gasteiger partial charge in [-0.1, -0.05) is 30.3 Å². The maximum atomic E-state index is 12.0. The quantitative estimate of drug-likeness (QED) is 0.763. The molecule has 2 aromatic rings. The van der Waals surface area contributed by atoms with Gasteiger partial charge in [0, 0.05) is 11.6 Å². The van der Waals surface area contributed by atoms with E-state index in [9.17, 15) is 4.79 Å². The summed E-state index contributed by atoms with van der Waals surface area (Å²) in [6, 6.07) is 15.9. The van der Waals surface area contributed by atoms with Crippen LogP contribution in [0.25, 0.3) is 0 Å². The number of nitrogens with zero attached hydrogens (tertiary/aromatic N) is 1. The predicted molar refractivity (Wildman–Crippen MR) is 78.6 cm³/mol. The van der Waals surface area contributed by atoms with Crippen LogP contribution < -0.4 is 9.47 Å². The highest BCUT2D eigenvalue weighted by molar-refractivity contribution is 5.97. The lowest BCUT2D eigenvalue weighted by Crippen LogP contribution is -2.12. The van der Waals surface area contributed by atoms with Gasteiger partial charge in [0.2, 0.25) is 0 Å². The summed E-state index contributed by atoms with van der Waals surface area (Å²) in [5.41, 5.74) is 1.09. The Morgan fingerprint density at radius 3 is 2.52 bits per heavy atom. The topological polar surface area (TPSA) is 59.3 Å². The third-order valence-electron chi connectivity index (χ3n) is 2.83. The molecule has 0 amide bonds. The molecular formula is C17H15NO3. The van der Waals surface area contributed by atoms with Crippen LogP contribution in [0.15, 0.2) is 48.5 Å². The first-order valence-corrected chi connectivity index (χ1v) is 6.62. The Morgan fingerprint density at radius 2 is 1.86 bits per heavy atom. The Kier molecular flexibility index (Phi) is 4.94. The predicted octanol–water partition coefficient (Wildman–Crippen LogP) is 3.22. The molecule has 0 N–H and O–H groups in total. The summed E-state index contributed by atoms with van der Waals surface area (Å²) in [4.78, 5) is 12.0. The Labute approximate surface area is 123 Å². The molecule has 0 heterocycles. The molecule has 0 fully saturated rings. The molecule has 0 aliphatic rings. The molecule has 0 saturated carbocycles. The second-order valence-corrected chi connectivity index (χ2v) is 4.28. The molecule has 0 atom stereocenters. The van der Waals surface area contributed by atoms with Gasteiger partial charge in [-0.2, -0.15) is 5.26 Å². The minimum atomic E-state index is -0.109. The van der Waals surface area contributed by atoms with Crippen LogP contribution in [-0.2, 0) is 0 Å². The maximum absolute atomic E-state index is 12.0. The summed E-state index contributed by atoms with van der Waals surface area (Å²) >= 11 is 0. The number of ketones is 1. The summed E-state index contributed by atoms with van der Waals surface area (Å²) in [6.45, 7) is 2.23. The summed E-state index contributed by atoms with van der Waals surface area (Å²) in [6.07, 6.45) is 0. The second-order valence-electron chi connectivity index (χ2n) is 4.28. The standard InChI is InChI=1S/C17H15NO3/c1-2-20-17-10-13(11-18)8-9-16(17)21-12-15(19)14-6-4-3-5-7-14/h3-10H,2,12H2,1H3. The largest absolute Gasteiger partial charge is 0.490 e. The zero-order valence-electron chi connectivity index (χ0n) is 11.7. The van der Waals surface area contributed by atoms with E-state index < -0.39 is 0 Å². The van der Waals surface area contributed by atoms with E-state index in [0.717, 1.165) is 0 Å². The van der Waals surface area contributed by atoms with Gasteiger partial charge in [0.25, 0.3) is 0 Å². The fraction of sp³-hybridized carbons (Fsp3) is 0.176. The van der Waals surface area contributed by atoms with Crippen LogP contribution >= 0.6 is 0 Å². The average Bonchev–Trinajstić information content (AvgIpc) is 2.54. The molecule has 0 aliphatic carbocycles. The average molecular weight is 281 g/mol. The van der Waals surface area contributed by atoms with Crippen LogP contribution in [0.1, 0.15) is 22.8 Å². The lowest BCUT2D eigenvalue weighted by atomic mass is 10.1. The highest BCUT2D eigenvalue weighted by Crippen LogP contribution is 2.28. The van der Waals surface area contributed by atoms with Gasteiger partial charge in [-0.25, -0.2) is 0 Å². The summed E-state index contributed by atoms with van der Waals surface area (Å²) in [5.74, 6) is 0.819. The number of Topliss-reactive ketones (excluding diaryl/α,β-unsaturated/α-hetero) is 1. The molecule has 0 unspecified atom stereocenters. The highest BCUT2D eigenvalue weighted by atomic mass is 16.5. The number of carbonyl (C=O) groups excluding carboxylic acids is 1. The smallest absolute Gasteiger partial charge is 0.200 e. The van der Waals surface area contributed by atoms with E-state index in [-0.39, 0.29) is 12.4 Å². The van der Waals surface area contributed by atoms with Crippen molar-refractivity contribution in [2.24, 2.45) is 0 Å². The van der Waals surface area contributed by atoms with E-state index >= 15 is 0 Å². The molecule has 2 aromatic carbocycles. The van der Waals surface area contributed by atoms with Gasteiger partial charge in [0.1, 0.15) is 0 Å². The number of hydrogen-bond acceptors (Lipinski definition) is 4. The van der Waals surface area contributed by atoms with Crippen LogP contribution in [0.2, 0.25) is 0 Å². The first-order valence-electron chi connectivity index (χ1n) is 6.62. The van der Waals surface area contributed by atoms with Crippen molar-refractivity contribution < 1.29 is 14.3 Å². The zero-order chi connectivity index (χ0) is 15.1. The first kappa shape index (κ1) is 14.6. The van der Waals surface area contributed by atoms with E-state index in [1.54, 1.807) is 42.5 Å². The van der Waals surface area contributed by atoms with Gasteiger partial charge in [-0.15, -0.1) is 0 Å². The van der Waals surface area contributed by atoms with Crippen molar-refractivity contribution >= 4 is 5.78 Å². The van der Waals surface area contributed by atoms with E-state index in [0.29, 0.717) is 29.2 Å². The number of rotatable bonds is 6. The number of nitriles is 1. The van der Waals surface area contributed by atoms with Gasteiger partial charge in [-0.05, 0) is 19.1 Å². The summed E-state index contributed by atoms with van der Waals surface area (Å²) in [5, 5.41) is 8.89. The Hall–Kier alpha value is -2.80. The van der Waals surface area contributed by atoms with Crippen LogP contribution in [0.4, 0.5) is 0 Å². The first-order chi connectivity index (χ1) is 10.2. The van der Waals surface area contributed by atoms with E-state index in [1.807, 2.05) is 19.1 Å². The van der Waals surface area contributed by atoms with Gasteiger partial charge in [0.15, 0.2) is 23.9 Å². The van der Waals surface area contributed by atoms with Crippen molar-refractivity contribution in [2.45, 2.75) is 6.92 Å². The van der Waals surface area contributed by atoms with Crippen LogP contribution in [-0.4, -0.2) is 19.0 Å². The number of carbonyl (C=O) groups is 1. The Balaban J connectivity index is 2.09. The summed E-state index contributed by atoms with van der Waals surface area (Å²) < 4.78 is 11.0. The molecule has 4 nitrogen and oxygen atoms in total. The van der Waals surface area contributed by atoms with Crippen LogP contribution in [0, 0.1) is 11.3 Å². The highest BCUT2D eigenvalue weighted by Gasteiger charge is 2.10. The number of hydrogen-bond donors (Lipinski definition) is 0. The lowest BCUT2D eigenvalue weighted by Gasteiger charge is -2.11. The van der Waals surface area contributed by atoms with E-state index in [4.69, 9.17) is 14.7 Å². The zero-order valence-corrected chi connectivity index (χ0v) is 11.7. The third kappa shape index (κ3) is 3.83. The van der Waals surface area contributed by atoms with Gasteiger partial charge in [-0.3, -0.25) is 4.79 Å². The van der Waals surface area contributed by atoms with Crippen molar-refractivity contribution in [3.63, 3.8) is 0 Å². The molecule has 0 saturated heterocycles. The van der Waals surface area contributed by atoms with Gasteiger partial charge < -0.3 is 9.47 Å². The number of benzene rings is 2. The van der Waals surface area contributed by atoms with Crippen molar-refractivity contribution in [2.75, 3.05) is 13.2 Å². The minimum Gasteiger partial charge on any atom is -0.490 e. The molecule has 106 valence electrons. The van der Waals surface area contributed by atoms with Crippen molar-refractivity contribution in [1.29, 1.82) is 5.26 Å². The third-order valence-corrected chi connectivity index (χ3v) is 2.83. The lowest BCUT2D eigenvalue weighted by molar-refractivity contribution is 0.0919. The molecule has 0 aliphatic heterocycles. The summed E-state index contributed by atoms with van der Waals surface area (Å²) in [7, 11) is 0. The molecule has 2 rings (SSSR count). The maximum Gasteiger partial charge on any atom is 0.200 e. The van der Waals surface area contributed by atoms with E-state index in [2.05, 4.69) is 0 Å². The Morgan fingerprint density at radius 1 is 1.10 bits per heavy atom. The Bertz CT molecular complexity index is 659. The van der Waals surface area contributed by atoms with Gasteiger partial charge >= 0.3 is 0 Å². The van der Waals surface area contributed by atoms with Crippen molar-refractivity contribution in [1.82, 2.24) is 0 Å². The molecule has 21 heavy (non-hydrogen) atoms. The normalized spacial score (nSPS) is 9.71. The molecule has 0 radical (unpaired) electrons. The van der Waals surface area contributed by atoms with Crippen LogP contribution in [0.5, 0.6) is 11.5 Å². The molecule has 0 spiro atoms. The fourth-order valence-electron chi connectivity index (χ4n) is 1.82. The fourth-order valence-corrected chi connectivity index (χ4v) is 1.82. The molecule has 0 bridgehead atoms. The van der Waals surface area contributed by atoms with E-state index in [1.165, 1.54) is 0 Å². The second kappa shape index (κ2) is 7.11. The van der Waals surface area contributed by atoms with Crippen LogP contribution in [0.3, 0.4) is 0 Å². The van der Waals surface area contributed by atoms with Gasteiger partial charge in [0.05, 0.1) is 18.2 Å². The molecular weight excluding hydrogens is 266 g/mol. The minimum absolute atomic E-state index is 0.0734. The molecule has 4 heteroatoms. The molecule has 0 aromatic heterocycles. The SMILES string of the molecule is CCOc1cc(C#N)ccc1OCC(=O)c1ccccc1.